The number of hydrogen-bond donors (Lipinski definition) is 5. The van der Waals surface area contributed by atoms with Crippen LogP contribution < -0.4 is 16.4 Å². The Labute approximate surface area is 227 Å². The van der Waals surface area contributed by atoms with E-state index in [9.17, 15) is 23.4 Å². The van der Waals surface area contributed by atoms with E-state index in [2.05, 4.69) is 15.6 Å². The van der Waals surface area contributed by atoms with E-state index in [4.69, 9.17) is 5.73 Å². The van der Waals surface area contributed by atoms with E-state index in [0.29, 0.717) is 37.6 Å². The number of hydrogen-bond acceptors (Lipinski definition) is 9. The Morgan fingerprint density at radius 2 is 1.97 bits per heavy atom. The zero-order valence-electron chi connectivity index (χ0n) is 21.9. The zero-order chi connectivity index (χ0) is 28.2. The molecule has 2 aromatic carbocycles. The molecule has 1 aliphatic heterocycles. The number of fused-ring (bicyclic) bond motifs is 1. The number of carboxylic acids is 1. The lowest BCUT2D eigenvalue weighted by molar-refractivity contribution is 0.0606. The molecule has 6 N–H and O–H groups in total. The number of aromatic carboxylic acids is 1. The first-order chi connectivity index (χ1) is 18.5. The average Bonchev–Trinajstić information content (AvgIpc) is 3.24. The summed E-state index contributed by atoms with van der Waals surface area (Å²) in [7, 11) is -3.18. The van der Waals surface area contributed by atoms with Crippen molar-refractivity contribution < 1.29 is 23.4 Å². The third kappa shape index (κ3) is 7.59. The van der Waals surface area contributed by atoms with Gasteiger partial charge in [0, 0.05) is 48.5 Å². The van der Waals surface area contributed by atoms with Gasteiger partial charge in [-0.05, 0) is 60.9 Å². The van der Waals surface area contributed by atoms with E-state index in [-0.39, 0.29) is 17.6 Å². The summed E-state index contributed by atoms with van der Waals surface area (Å²) < 4.78 is 24.7. The molecule has 1 aliphatic rings. The minimum Gasteiger partial charge on any atom is -0.477 e. The van der Waals surface area contributed by atoms with Gasteiger partial charge in [-0.15, -0.1) is 0 Å². The molecule has 2 unspecified atom stereocenters. The number of aromatic nitrogens is 1. The van der Waals surface area contributed by atoms with E-state index < -0.39 is 22.0 Å². The van der Waals surface area contributed by atoms with Crippen LogP contribution in [0.5, 0.6) is 0 Å². The fourth-order valence-corrected chi connectivity index (χ4v) is 4.89. The second-order valence-electron chi connectivity index (χ2n) is 9.83. The molecule has 2 heterocycles. The van der Waals surface area contributed by atoms with Gasteiger partial charge in [-0.3, -0.25) is 0 Å². The van der Waals surface area contributed by atoms with Crippen molar-refractivity contribution in [1.82, 2.24) is 14.8 Å². The molecular weight excluding hydrogens is 520 g/mol. The second-order valence-corrected chi connectivity index (χ2v) is 12.0. The van der Waals surface area contributed by atoms with Gasteiger partial charge in [0.05, 0.1) is 6.34 Å². The fourth-order valence-electron chi connectivity index (χ4n) is 4.46. The number of nitrogens with two attached hydrogens (primary N) is 1. The van der Waals surface area contributed by atoms with Crippen LogP contribution in [-0.4, -0.2) is 77.9 Å². The van der Waals surface area contributed by atoms with Gasteiger partial charge in [0.25, 0.3) is 0 Å². The molecule has 0 bridgehead atoms. The lowest BCUT2D eigenvalue weighted by Crippen LogP contribution is -2.45. The Kier molecular flexibility index (Phi) is 8.58. The summed E-state index contributed by atoms with van der Waals surface area (Å²) in [5.74, 6) is -0.775. The van der Waals surface area contributed by atoms with Gasteiger partial charge in [0.2, 0.25) is 0 Å². The van der Waals surface area contributed by atoms with Gasteiger partial charge >= 0.3 is 5.97 Å². The summed E-state index contributed by atoms with van der Waals surface area (Å²) in [4.78, 5) is 17.8. The number of carboxylic acid groups (broad SMARTS) is 1. The quantitative estimate of drug-likeness (QED) is 0.225. The number of nitrogens with zero attached hydrogens (tertiary/aromatic N) is 3. The number of aliphatic hydroxyl groups is 1. The van der Waals surface area contributed by atoms with Crippen molar-refractivity contribution >= 4 is 38.7 Å². The van der Waals surface area contributed by atoms with Gasteiger partial charge in [-0.25, -0.2) is 18.2 Å². The molecule has 39 heavy (non-hydrogen) atoms. The predicted molar refractivity (Wildman–Crippen MR) is 152 cm³/mol. The van der Waals surface area contributed by atoms with Gasteiger partial charge in [-0.2, -0.15) is 0 Å². The van der Waals surface area contributed by atoms with Gasteiger partial charge in [0.1, 0.15) is 23.6 Å². The minimum absolute atomic E-state index is 0.0580. The van der Waals surface area contributed by atoms with Crippen LogP contribution in [-0.2, 0) is 22.8 Å². The van der Waals surface area contributed by atoms with E-state index in [1.165, 1.54) is 6.34 Å². The van der Waals surface area contributed by atoms with Crippen molar-refractivity contribution in [2.45, 2.75) is 32.2 Å². The molecule has 3 aromatic rings. The second kappa shape index (κ2) is 11.9. The number of aliphatic hydroxyl groups excluding tert-OH is 1. The standard InChI is InChI=1S/C27H34N6O5S/c1-18(29-14-26(34)32-9-8-25(28)30-16-32)10-19-6-7-23-21(11-19)13-24(27(35)36)33(23)15-20-4-3-5-22(12-20)31-17-39(2,37)38/h3-8,11-13,16,18,26,29,31,34H,9-10,14-15,17,28H2,1-2H3,(H,35,36). The molecule has 12 heteroatoms. The van der Waals surface area contributed by atoms with Crippen molar-refractivity contribution in [3.05, 3.63) is 77.2 Å². The maximum absolute atomic E-state index is 12.1. The highest BCUT2D eigenvalue weighted by Gasteiger charge is 2.18. The van der Waals surface area contributed by atoms with Crippen molar-refractivity contribution in [2.24, 2.45) is 10.7 Å². The Hall–Kier alpha value is -3.87. The molecule has 208 valence electrons. The van der Waals surface area contributed by atoms with E-state index in [0.717, 1.165) is 28.3 Å². The van der Waals surface area contributed by atoms with Crippen LogP contribution >= 0.6 is 0 Å². The first-order valence-corrected chi connectivity index (χ1v) is 14.6. The number of sulfone groups is 1. The molecule has 0 fully saturated rings. The third-order valence-corrected chi connectivity index (χ3v) is 7.10. The Balaban J connectivity index is 1.45. The maximum atomic E-state index is 12.1. The highest BCUT2D eigenvalue weighted by molar-refractivity contribution is 7.90. The Morgan fingerprint density at radius 3 is 2.67 bits per heavy atom. The molecule has 0 spiro atoms. The summed E-state index contributed by atoms with van der Waals surface area (Å²) in [5, 5.41) is 27.3. The fraction of sp³-hybridized carbons (Fsp3) is 0.333. The monoisotopic (exact) mass is 554 g/mol. The predicted octanol–water partition coefficient (Wildman–Crippen LogP) is 1.78. The Morgan fingerprint density at radius 1 is 1.18 bits per heavy atom. The molecule has 0 aliphatic carbocycles. The minimum atomic E-state index is -3.18. The average molecular weight is 555 g/mol. The molecule has 0 saturated heterocycles. The summed E-state index contributed by atoms with van der Waals surface area (Å²) >= 11 is 0. The van der Waals surface area contributed by atoms with Gasteiger partial charge in [0.15, 0.2) is 9.84 Å². The Bertz CT molecular complexity index is 1510. The van der Waals surface area contributed by atoms with Crippen LogP contribution in [0.3, 0.4) is 0 Å². The summed E-state index contributed by atoms with van der Waals surface area (Å²) in [5.41, 5.74) is 9.11. The number of nitrogens with one attached hydrogen (secondary N) is 2. The van der Waals surface area contributed by atoms with Crippen molar-refractivity contribution in [3.63, 3.8) is 0 Å². The van der Waals surface area contributed by atoms with Crippen LogP contribution in [0, 0.1) is 0 Å². The van der Waals surface area contributed by atoms with Crippen molar-refractivity contribution in [2.75, 3.05) is 30.5 Å². The van der Waals surface area contributed by atoms with Crippen LogP contribution in [0.1, 0.15) is 28.5 Å². The normalized spacial score (nSPS) is 15.3. The molecule has 1 aromatic heterocycles. The summed E-state index contributed by atoms with van der Waals surface area (Å²) in [6.45, 7) is 3.18. The molecular formula is C27H34N6O5S. The van der Waals surface area contributed by atoms with Crippen molar-refractivity contribution in [1.29, 1.82) is 0 Å². The number of benzene rings is 2. The van der Waals surface area contributed by atoms with Crippen LogP contribution in [0.25, 0.3) is 10.9 Å². The zero-order valence-corrected chi connectivity index (χ0v) is 22.7. The number of carbonyl (C=O) groups is 1. The smallest absolute Gasteiger partial charge is 0.352 e. The van der Waals surface area contributed by atoms with Crippen LogP contribution in [0.2, 0.25) is 0 Å². The SMILES string of the molecule is CC(Cc1ccc2c(c1)cc(C(=O)O)n2Cc1cccc(NCS(C)(=O)=O)c1)NCC(O)N1C=NC(N)=CC1. The number of rotatable bonds is 12. The molecule has 2 atom stereocenters. The lowest BCUT2D eigenvalue weighted by Gasteiger charge is -2.27. The largest absolute Gasteiger partial charge is 0.477 e. The topological polar surface area (TPSA) is 162 Å². The molecule has 0 amide bonds. The van der Waals surface area contributed by atoms with Crippen molar-refractivity contribution in [3.8, 4) is 0 Å². The lowest BCUT2D eigenvalue weighted by atomic mass is 10.1. The van der Waals surface area contributed by atoms with E-state index in [1.54, 1.807) is 33.7 Å². The number of aliphatic imine (C=N–C) groups is 1. The molecule has 4 rings (SSSR count). The molecule has 0 radical (unpaired) electrons. The molecule has 0 saturated carbocycles. The highest BCUT2D eigenvalue weighted by atomic mass is 32.2. The van der Waals surface area contributed by atoms with Crippen LogP contribution in [0.15, 0.2) is 65.4 Å². The van der Waals surface area contributed by atoms with E-state index in [1.807, 2.05) is 37.3 Å². The third-order valence-electron chi connectivity index (χ3n) is 6.43. The first-order valence-electron chi connectivity index (χ1n) is 12.5. The van der Waals surface area contributed by atoms with Crippen LogP contribution in [0.4, 0.5) is 5.69 Å². The first kappa shape index (κ1) is 28.1. The summed E-state index contributed by atoms with van der Waals surface area (Å²) in [6.07, 6.45) is 4.38. The van der Waals surface area contributed by atoms with Gasteiger partial charge in [-0.1, -0.05) is 18.2 Å². The summed E-state index contributed by atoms with van der Waals surface area (Å²) in [6, 6.07) is 14.9. The number of anilines is 1. The molecule has 11 nitrogen and oxygen atoms in total. The maximum Gasteiger partial charge on any atom is 0.352 e. The van der Waals surface area contributed by atoms with E-state index >= 15 is 0 Å². The van der Waals surface area contributed by atoms with Gasteiger partial charge < -0.3 is 36.0 Å². The highest BCUT2D eigenvalue weighted by Crippen LogP contribution is 2.24.